The highest BCUT2D eigenvalue weighted by atomic mass is 35.5. The van der Waals surface area contributed by atoms with Crippen LogP contribution in [0.5, 0.6) is 0 Å². The number of nitrogens with one attached hydrogen (secondary N) is 1. The van der Waals surface area contributed by atoms with Crippen LogP contribution in [0.4, 0.5) is 0 Å². The van der Waals surface area contributed by atoms with Gasteiger partial charge in [0, 0.05) is 11.1 Å². The van der Waals surface area contributed by atoms with E-state index in [0.29, 0.717) is 22.6 Å². The molecule has 2 aromatic carbocycles. The van der Waals surface area contributed by atoms with Gasteiger partial charge in [0.25, 0.3) is 5.91 Å². The molecular formula is C20H15ClN2O4. The Morgan fingerprint density at radius 3 is 2.52 bits per heavy atom. The van der Waals surface area contributed by atoms with Crippen molar-refractivity contribution >= 4 is 29.7 Å². The van der Waals surface area contributed by atoms with Crippen molar-refractivity contribution in [1.82, 2.24) is 5.43 Å². The van der Waals surface area contributed by atoms with E-state index < -0.39 is 5.97 Å². The minimum Gasteiger partial charge on any atom is -0.478 e. The molecule has 136 valence electrons. The summed E-state index contributed by atoms with van der Waals surface area (Å²) in [7, 11) is 0. The quantitative estimate of drug-likeness (QED) is 0.506. The van der Waals surface area contributed by atoms with Gasteiger partial charge in [-0.25, -0.2) is 10.2 Å². The molecule has 0 fully saturated rings. The van der Waals surface area contributed by atoms with E-state index >= 15 is 0 Å². The molecular weight excluding hydrogens is 368 g/mol. The Labute approximate surface area is 160 Å². The first-order valence-electron chi connectivity index (χ1n) is 7.97. The number of hydrogen-bond donors (Lipinski definition) is 2. The number of aromatic carboxylic acids is 1. The highest BCUT2D eigenvalue weighted by Crippen LogP contribution is 2.27. The SMILES string of the molecule is Cc1ccc(C(=O)N/N=C\c2ccc(-c3ccc(C(=O)O)c(Cl)c3)o2)cc1. The zero-order chi connectivity index (χ0) is 19.4. The fourth-order valence-electron chi connectivity index (χ4n) is 2.34. The first-order valence-corrected chi connectivity index (χ1v) is 8.35. The second-order valence-corrected chi connectivity index (χ2v) is 6.17. The van der Waals surface area contributed by atoms with Gasteiger partial charge >= 0.3 is 5.97 Å². The number of amides is 1. The van der Waals surface area contributed by atoms with Crippen LogP contribution >= 0.6 is 11.6 Å². The summed E-state index contributed by atoms with van der Waals surface area (Å²) in [5, 5.41) is 13.0. The van der Waals surface area contributed by atoms with Crippen LogP contribution < -0.4 is 5.43 Å². The number of benzene rings is 2. The average Bonchev–Trinajstić information content (AvgIpc) is 3.10. The topological polar surface area (TPSA) is 91.9 Å². The second-order valence-electron chi connectivity index (χ2n) is 5.77. The number of carbonyl (C=O) groups excluding carboxylic acids is 1. The summed E-state index contributed by atoms with van der Waals surface area (Å²) in [6, 6.07) is 15.0. The maximum Gasteiger partial charge on any atom is 0.337 e. The van der Waals surface area contributed by atoms with Crippen molar-refractivity contribution in [2.75, 3.05) is 0 Å². The number of carbonyl (C=O) groups is 2. The van der Waals surface area contributed by atoms with Crippen LogP contribution in [-0.4, -0.2) is 23.2 Å². The van der Waals surface area contributed by atoms with Crippen molar-refractivity contribution in [3.8, 4) is 11.3 Å². The molecule has 6 nitrogen and oxygen atoms in total. The lowest BCUT2D eigenvalue weighted by Crippen LogP contribution is -2.17. The molecule has 0 radical (unpaired) electrons. The van der Waals surface area contributed by atoms with Crippen molar-refractivity contribution < 1.29 is 19.1 Å². The third kappa shape index (κ3) is 4.43. The van der Waals surface area contributed by atoms with Crippen molar-refractivity contribution in [2.24, 2.45) is 5.10 Å². The van der Waals surface area contributed by atoms with Crippen LogP contribution in [0.15, 0.2) is 64.1 Å². The number of halogens is 1. The fourth-order valence-corrected chi connectivity index (χ4v) is 2.60. The number of hydrazone groups is 1. The van der Waals surface area contributed by atoms with Gasteiger partial charge in [-0.15, -0.1) is 0 Å². The predicted octanol–water partition coefficient (Wildman–Crippen LogP) is 4.37. The fraction of sp³-hybridized carbons (Fsp3) is 0.0500. The molecule has 0 atom stereocenters. The Kier molecular flexibility index (Phi) is 5.38. The van der Waals surface area contributed by atoms with Crippen molar-refractivity contribution in [2.45, 2.75) is 6.92 Å². The number of carboxylic acids is 1. The van der Waals surface area contributed by atoms with Gasteiger partial charge in [0.15, 0.2) is 0 Å². The molecule has 0 saturated heterocycles. The van der Waals surface area contributed by atoms with Crippen molar-refractivity contribution in [3.63, 3.8) is 0 Å². The average molecular weight is 383 g/mol. The van der Waals surface area contributed by atoms with E-state index in [1.165, 1.54) is 18.3 Å². The maximum atomic E-state index is 12.0. The van der Waals surface area contributed by atoms with E-state index in [1.54, 1.807) is 30.3 Å². The van der Waals surface area contributed by atoms with Gasteiger partial charge in [0.05, 0.1) is 16.8 Å². The van der Waals surface area contributed by atoms with Gasteiger partial charge in [0.1, 0.15) is 11.5 Å². The predicted molar refractivity (Wildman–Crippen MR) is 102 cm³/mol. The van der Waals surface area contributed by atoms with E-state index in [4.69, 9.17) is 21.1 Å². The molecule has 2 N–H and O–H groups in total. The Balaban J connectivity index is 1.68. The minimum absolute atomic E-state index is 0.0209. The number of rotatable bonds is 5. The second kappa shape index (κ2) is 7.88. The Morgan fingerprint density at radius 1 is 1.11 bits per heavy atom. The van der Waals surface area contributed by atoms with Crippen LogP contribution in [0, 0.1) is 6.92 Å². The smallest absolute Gasteiger partial charge is 0.337 e. The van der Waals surface area contributed by atoms with Crippen LogP contribution in [-0.2, 0) is 0 Å². The number of furan rings is 1. The summed E-state index contributed by atoms with van der Waals surface area (Å²) in [6.45, 7) is 1.94. The maximum absolute atomic E-state index is 12.0. The van der Waals surface area contributed by atoms with Gasteiger partial charge in [0.2, 0.25) is 0 Å². The van der Waals surface area contributed by atoms with E-state index in [2.05, 4.69) is 10.5 Å². The molecule has 0 unspecified atom stereocenters. The van der Waals surface area contributed by atoms with Gasteiger partial charge in [-0.1, -0.05) is 35.4 Å². The molecule has 0 spiro atoms. The summed E-state index contributed by atoms with van der Waals surface area (Å²) < 4.78 is 5.62. The third-order valence-electron chi connectivity index (χ3n) is 3.78. The summed E-state index contributed by atoms with van der Waals surface area (Å²) >= 11 is 5.97. The number of hydrogen-bond acceptors (Lipinski definition) is 4. The number of aryl methyl sites for hydroxylation is 1. The summed E-state index contributed by atoms with van der Waals surface area (Å²) in [6.07, 6.45) is 1.38. The van der Waals surface area contributed by atoms with Crippen molar-refractivity contribution in [3.05, 3.63) is 82.1 Å². The molecule has 1 amide bonds. The molecule has 0 aliphatic heterocycles. The third-order valence-corrected chi connectivity index (χ3v) is 4.10. The molecule has 3 aromatic rings. The largest absolute Gasteiger partial charge is 0.478 e. The van der Waals surface area contributed by atoms with Crippen LogP contribution in [0.3, 0.4) is 0 Å². The van der Waals surface area contributed by atoms with E-state index in [0.717, 1.165) is 5.56 Å². The Hall–Kier alpha value is -3.38. The Bertz CT molecular complexity index is 1020. The monoisotopic (exact) mass is 382 g/mol. The number of carboxylic acid groups (broad SMARTS) is 1. The van der Waals surface area contributed by atoms with Crippen molar-refractivity contribution in [1.29, 1.82) is 0 Å². The van der Waals surface area contributed by atoms with E-state index in [1.807, 2.05) is 19.1 Å². The summed E-state index contributed by atoms with van der Waals surface area (Å²) in [4.78, 5) is 23.0. The summed E-state index contributed by atoms with van der Waals surface area (Å²) in [5.74, 6) is -0.495. The standard InChI is InChI=1S/C20H15ClN2O4/c1-12-2-4-13(5-3-12)19(24)23-22-11-15-7-9-18(27-15)14-6-8-16(20(25)26)17(21)10-14/h2-11H,1H3,(H,23,24)(H,25,26)/b22-11-. The molecule has 0 bridgehead atoms. The first-order chi connectivity index (χ1) is 12.9. The first kappa shape index (κ1) is 18.4. The van der Waals surface area contributed by atoms with Crippen LogP contribution in [0.1, 0.15) is 32.0 Å². The molecule has 0 aliphatic rings. The molecule has 1 heterocycles. The molecule has 27 heavy (non-hydrogen) atoms. The minimum atomic E-state index is -1.09. The lowest BCUT2D eigenvalue weighted by atomic mass is 10.1. The zero-order valence-corrected chi connectivity index (χ0v) is 15.0. The van der Waals surface area contributed by atoms with Gasteiger partial charge in [-0.2, -0.15) is 5.10 Å². The summed E-state index contributed by atoms with van der Waals surface area (Å²) in [5.41, 5.74) is 4.65. The van der Waals surface area contributed by atoms with Crippen LogP contribution in [0.25, 0.3) is 11.3 Å². The lowest BCUT2D eigenvalue weighted by Gasteiger charge is -2.01. The number of nitrogens with zero attached hydrogens (tertiary/aromatic N) is 1. The Morgan fingerprint density at radius 2 is 1.85 bits per heavy atom. The molecule has 7 heteroatoms. The van der Waals surface area contributed by atoms with Gasteiger partial charge < -0.3 is 9.52 Å². The lowest BCUT2D eigenvalue weighted by molar-refractivity contribution is 0.0696. The van der Waals surface area contributed by atoms with Gasteiger partial charge in [-0.3, -0.25) is 4.79 Å². The molecule has 1 aromatic heterocycles. The van der Waals surface area contributed by atoms with Gasteiger partial charge in [-0.05, 0) is 43.3 Å². The highest BCUT2D eigenvalue weighted by Gasteiger charge is 2.11. The molecule has 0 saturated carbocycles. The van der Waals surface area contributed by atoms with Crippen LogP contribution in [0.2, 0.25) is 5.02 Å². The molecule has 0 aliphatic carbocycles. The normalized spacial score (nSPS) is 10.9. The molecule has 3 rings (SSSR count). The zero-order valence-electron chi connectivity index (χ0n) is 14.3. The van der Waals surface area contributed by atoms with E-state index in [-0.39, 0.29) is 16.5 Å². The van der Waals surface area contributed by atoms with E-state index in [9.17, 15) is 9.59 Å². The highest BCUT2D eigenvalue weighted by molar-refractivity contribution is 6.33.